The van der Waals surface area contributed by atoms with Gasteiger partial charge in [0.2, 0.25) is 0 Å². The summed E-state index contributed by atoms with van der Waals surface area (Å²) in [6.45, 7) is 2.38. The topological polar surface area (TPSA) is 16.1 Å². The fraction of sp³-hybridized carbons (Fsp3) is 0.500. The lowest BCUT2D eigenvalue weighted by Gasteiger charge is -2.33. The molecular weight excluding hydrogens is 308 g/mol. The van der Waals surface area contributed by atoms with Gasteiger partial charge < -0.3 is 4.90 Å². The molecule has 2 aromatic rings. The Morgan fingerprint density at radius 1 is 1.39 bits per heavy atom. The molecule has 96 valence electrons. The zero-order valence-corrected chi connectivity index (χ0v) is 12.7. The van der Waals surface area contributed by atoms with E-state index in [1.807, 2.05) is 0 Å². The maximum absolute atomic E-state index is 4.56. The summed E-state index contributed by atoms with van der Waals surface area (Å²) in [6.07, 6.45) is 3.97. The van der Waals surface area contributed by atoms with Crippen LogP contribution in [0.3, 0.4) is 0 Å². The van der Waals surface area contributed by atoms with Gasteiger partial charge in [0, 0.05) is 23.8 Å². The van der Waals surface area contributed by atoms with E-state index in [1.54, 1.807) is 11.5 Å². The molecule has 1 aromatic heterocycles. The standard InChI is InChI=1S/C14H17BrN2S/c15-8-7-11-4-3-9-17(10-11)14-12-5-1-2-6-13(12)16-18-14/h1-2,5-6,11H,3-4,7-10H2. The molecule has 0 bridgehead atoms. The monoisotopic (exact) mass is 324 g/mol. The van der Waals surface area contributed by atoms with Crippen molar-refractivity contribution in [1.29, 1.82) is 0 Å². The summed E-state index contributed by atoms with van der Waals surface area (Å²) < 4.78 is 4.56. The van der Waals surface area contributed by atoms with Gasteiger partial charge in [0.05, 0.1) is 5.52 Å². The first-order chi connectivity index (χ1) is 8.88. The Balaban J connectivity index is 1.85. The van der Waals surface area contributed by atoms with Crippen molar-refractivity contribution in [2.45, 2.75) is 19.3 Å². The second-order valence-electron chi connectivity index (χ2n) is 4.94. The Kier molecular flexibility index (Phi) is 3.85. The Labute approximate surface area is 120 Å². The number of rotatable bonds is 3. The molecule has 1 saturated heterocycles. The van der Waals surface area contributed by atoms with E-state index in [-0.39, 0.29) is 0 Å². The van der Waals surface area contributed by atoms with Crippen LogP contribution in [0.5, 0.6) is 0 Å². The molecule has 4 heteroatoms. The largest absolute Gasteiger partial charge is 0.361 e. The fourth-order valence-corrected chi connectivity index (χ4v) is 4.29. The van der Waals surface area contributed by atoms with Crippen LogP contribution in [0.1, 0.15) is 19.3 Å². The van der Waals surface area contributed by atoms with Crippen LogP contribution in [0.4, 0.5) is 5.00 Å². The summed E-state index contributed by atoms with van der Waals surface area (Å²) in [5, 5.41) is 3.81. The van der Waals surface area contributed by atoms with Crippen molar-refractivity contribution in [2.24, 2.45) is 5.92 Å². The van der Waals surface area contributed by atoms with Crippen molar-refractivity contribution in [1.82, 2.24) is 4.37 Å². The number of nitrogens with zero attached hydrogens (tertiary/aromatic N) is 2. The summed E-state index contributed by atoms with van der Waals surface area (Å²) in [7, 11) is 0. The Morgan fingerprint density at radius 2 is 2.28 bits per heavy atom. The first-order valence-electron chi connectivity index (χ1n) is 6.54. The average Bonchev–Trinajstić information content (AvgIpc) is 2.83. The fourth-order valence-electron chi connectivity index (χ4n) is 2.74. The summed E-state index contributed by atoms with van der Waals surface area (Å²) in [5.41, 5.74) is 1.14. The minimum Gasteiger partial charge on any atom is -0.361 e. The highest BCUT2D eigenvalue weighted by Gasteiger charge is 2.22. The zero-order valence-electron chi connectivity index (χ0n) is 10.3. The van der Waals surface area contributed by atoms with Crippen molar-refractivity contribution < 1.29 is 0 Å². The highest BCUT2D eigenvalue weighted by atomic mass is 79.9. The SMILES string of the molecule is BrCCC1CCCN(c2snc3ccccc23)C1. The smallest absolute Gasteiger partial charge is 0.119 e. The number of fused-ring (bicyclic) bond motifs is 1. The predicted molar refractivity (Wildman–Crippen MR) is 83.0 cm³/mol. The first kappa shape index (κ1) is 12.4. The quantitative estimate of drug-likeness (QED) is 0.782. The maximum atomic E-state index is 4.56. The number of alkyl halides is 1. The van der Waals surface area contributed by atoms with E-state index >= 15 is 0 Å². The van der Waals surface area contributed by atoms with E-state index in [9.17, 15) is 0 Å². The minimum absolute atomic E-state index is 0.832. The Hall–Kier alpha value is -0.610. The molecule has 1 aliphatic heterocycles. The van der Waals surface area contributed by atoms with Crippen molar-refractivity contribution in [2.75, 3.05) is 23.3 Å². The molecule has 1 unspecified atom stereocenters. The molecule has 18 heavy (non-hydrogen) atoms. The van der Waals surface area contributed by atoms with E-state index in [4.69, 9.17) is 0 Å². The number of piperidine rings is 1. The molecule has 3 rings (SSSR count). The molecule has 1 fully saturated rings. The van der Waals surface area contributed by atoms with Crippen LogP contribution in [0.15, 0.2) is 24.3 Å². The van der Waals surface area contributed by atoms with Crippen molar-refractivity contribution >= 4 is 43.4 Å². The molecule has 0 radical (unpaired) electrons. The van der Waals surface area contributed by atoms with Crippen LogP contribution in [0, 0.1) is 5.92 Å². The van der Waals surface area contributed by atoms with Crippen molar-refractivity contribution in [3.63, 3.8) is 0 Å². The molecule has 1 atom stereocenters. The Bertz CT molecular complexity index is 523. The van der Waals surface area contributed by atoms with Crippen LogP contribution in [0.25, 0.3) is 10.9 Å². The van der Waals surface area contributed by atoms with Crippen molar-refractivity contribution in [3.05, 3.63) is 24.3 Å². The second-order valence-corrected chi connectivity index (χ2v) is 6.48. The van der Waals surface area contributed by atoms with Crippen LogP contribution < -0.4 is 4.90 Å². The average molecular weight is 325 g/mol. The molecular formula is C14H17BrN2S. The van der Waals surface area contributed by atoms with Gasteiger partial charge >= 0.3 is 0 Å². The van der Waals surface area contributed by atoms with Gasteiger partial charge in [0.25, 0.3) is 0 Å². The lowest BCUT2D eigenvalue weighted by atomic mass is 9.96. The molecule has 0 saturated carbocycles. The van der Waals surface area contributed by atoms with Gasteiger partial charge in [-0.1, -0.05) is 28.1 Å². The highest BCUT2D eigenvalue weighted by Crippen LogP contribution is 2.34. The molecule has 0 N–H and O–H groups in total. The van der Waals surface area contributed by atoms with E-state index in [1.165, 1.54) is 42.7 Å². The minimum atomic E-state index is 0.832. The lowest BCUT2D eigenvalue weighted by Crippen LogP contribution is -2.35. The number of hydrogen-bond acceptors (Lipinski definition) is 3. The Morgan fingerprint density at radius 3 is 3.17 bits per heavy atom. The number of hydrogen-bond donors (Lipinski definition) is 0. The van der Waals surface area contributed by atoms with Gasteiger partial charge in [0.1, 0.15) is 5.00 Å². The maximum Gasteiger partial charge on any atom is 0.119 e. The molecule has 1 aliphatic rings. The number of anilines is 1. The molecule has 0 aliphatic carbocycles. The number of halogens is 1. The molecule has 2 heterocycles. The summed E-state index contributed by atoms with van der Waals surface area (Å²) in [4.78, 5) is 2.54. The van der Waals surface area contributed by atoms with Gasteiger partial charge in [-0.3, -0.25) is 0 Å². The number of benzene rings is 1. The van der Waals surface area contributed by atoms with Crippen molar-refractivity contribution in [3.8, 4) is 0 Å². The van der Waals surface area contributed by atoms with E-state index in [2.05, 4.69) is 49.5 Å². The van der Waals surface area contributed by atoms with Gasteiger partial charge in [-0.25, -0.2) is 0 Å². The number of aromatic nitrogens is 1. The zero-order chi connectivity index (χ0) is 12.4. The van der Waals surface area contributed by atoms with E-state index in [0.717, 1.165) is 16.8 Å². The van der Waals surface area contributed by atoms with Crippen LogP contribution in [0.2, 0.25) is 0 Å². The van der Waals surface area contributed by atoms with Crippen LogP contribution >= 0.6 is 27.5 Å². The van der Waals surface area contributed by atoms with E-state index < -0.39 is 0 Å². The van der Waals surface area contributed by atoms with Crippen LogP contribution in [-0.4, -0.2) is 22.8 Å². The van der Waals surface area contributed by atoms with Gasteiger partial charge in [-0.05, 0) is 48.8 Å². The normalized spacial score (nSPS) is 20.5. The molecule has 0 amide bonds. The predicted octanol–water partition coefficient (Wildman–Crippen LogP) is 4.30. The highest BCUT2D eigenvalue weighted by molar-refractivity contribution is 9.09. The molecule has 2 nitrogen and oxygen atoms in total. The third-order valence-corrected chi connectivity index (χ3v) is 5.09. The van der Waals surface area contributed by atoms with Crippen LogP contribution in [-0.2, 0) is 0 Å². The summed E-state index contributed by atoms with van der Waals surface area (Å²) in [5.74, 6) is 0.832. The first-order valence-corrected chi connectivity index (χ1v) is 8.43. The molecule has 1 aromatic carbocycles. The van der Waals surface area contributed by atoms with Gasteiger partial charge in [-0.15, -0.1) is 0 Å². The summed E-state index contributed by atoms with van der Waals surface area (Å²) in [6, 6.07) is 8.48. The lowest BCUT2D eigenvalue weighted by molar-refractivity contribution is 0.409. The third kappa shape index (κ3) is 2.41. The van der Waals surface area contributed by atoms with E-state index in [0.29, 0.717) is 0 Å². The molecule has 0 spiro atoms. The van der Waals surface area contributed by atoms with Gasteiger partial charge in [0.15, 0.2) is 0 Å². The third-order valence-electron chi connectivity index (χ3n) is 3.69. The summed E-state index contributed by atoms with van der Waals surface area (Å²) >= 11 is 5.22. The second kappa shape index (κ2) is 5.57. The van der Waals surface area contributed by atoms with Gasteiger partial charge in [-0.2, -0.15) is 4.37 Å².